The highest BCUT2D eigenvalue weighted by Crippen LogP contribution is 2.62. The normalized spacial score (nSPS) is 36.0. The molecule has 0 amide bonds. The molecule has 2 N–H and O–H groups in total. The summed E-state index contributed by atoms with van der Waals surface area (Å²) < 4.78 is 6.36. The first-order valence-electron chi connectivity index (χ1n) is 10.3. The number of likely N-dealkylation sites (N-methyl/N-ethyl adjacent to an activating group) is 1. The zero-order valence-corrected chi connectivity index (χ0v) is 16.5. The molecule has 2 heterocycles. The fourth-order valence-corrected chi connectivity index (χ4v) is 6.18. The number of benzene rings is 1. The Morgan fingerprint density at radius 1 is 1.30 bits per heavy atom. The lowest BCUT2D eigenvalue weighted by molar-refractivity contribution is -0.0453. The van der Waals surface area contributed by atoms with Crippen molar-refractivity contribution in [3.8, 4) is 11.5 Å². The monoisotopic (exact) mass is 370 g/mol. The first-order valence-corrected chi connectivity index (χ1v) is 10.3. The second-order valence-corrected chi connectivity index (χ2v) is 8.69. The maximum atomic E-state index is 11.1. The highest BCUT2D eigenvalue weighted by molar-refractivity contribution is 5.64. The van der Waals surface area contributed by atoms with Gasteiger partial charge in [0, 0.05) is 35.0 Å². The van der Waals surface area contributed by atoms with Crippen LogP contribution in [0.4, 0.5) is 0 Å². The molecule has 5 atom stereocenters. The van der Waals surface area contributed by atoms with Gasteiger partial charge in [0.05, 0.1) is 0 Å². The molecule has 27 heavy (non-hydrogen) atoms. The van der Waals surface area contributed by atoms with Gasteiger partial charge in [-0.25, -0.2) is 0 Å². The highest BCUT2D eigenvalue weighted by Gasteiger charge is 2.64. The summed E-state index contributed by atoms with van der Waals surface area (Å²) in [7, 11) is 2.21. The van der Waals surface area contributed by atoms with Gasteiger partial charge in [0.25, 0.3) is 0 Å². The number of piperidine rings is 1. The summed E-state index contributed by atoms with van der Waals surface area (Å²) in [6.07, 6.45) is 5.16. The van der Waals surface area contributed by atoms with Crippen molar-refractivity contribution in [1.82, 2.24) is 9.80 Å². The third-order valence-corrected chi connectivity index (χ3v) is 7.63. The van der Waals surface area contributed by atoms with Gasteiger partial charge in [0.1, 0.15) is 12.2 Å². The molecule has 146 valence electrons. The molecule has 0 saturated carbocycles. The third-order valence-electron chi connectivity index (χ3n) is 7.63. The number of phenols is 1. The number of likely N-dealkylation sites (tertiary alicyclic amines) is 1. The van der Waals surface area contributed by atoms with Crippen LogP contribution in [0.1, 0.15) is 37.0 Å². The summed E-state index contributed by atoms with van der Waals surface area (Å²) in [6.45, 7) is 7.92. The zero-order chi connectivity index (χ0) is 18.9. The van der Waals surface area contributed by atoms with Crippen LogP contribution in [0, 0.1) is 5.92 Å². The average molecular weight is 370 g/mol. The minimum Gasteiger partial charge on any atom is -0.504 e. The fraction of sp³-hybridized carbons (Fsp3) is 0.636. The van der Waals surface area contributed by atoms with Crippen molar-refractivity contribution in [2.24, 2.45) is 5.92 Å². The summed E-state index contributed by atoms with van der Waals surface area (Å²) in [4.78, 5) is 4.77. The molecular formula is C22H30N2O3. The van der Waals surface area contributed by atoms with E-state index in [1.807, 2.05) is 6.08 Å². The van der Waals surface area contributed by atoms with Crippen molar-refractivity contribution < 1.29 is 14.9 Å². The van der Waals surface area contributed by atoms with E-state index in [-0.39, 0.29) is 17.3 Å². The number of aliphatic hydroxyl groups excluding tert-OH is 1. The third kappa shape index (κ3) is 2.16. The zero-order valence-electron chi connectivity index (χ0n) is 16.5. The van der Waals surface area contributed by atoms with Crippen LogP contribution in [0.3, 0.4) is 0 Å². The Hall–Kier alpha value is -1.56. The largest absolute Gasteiger partial charge is 0.504 e. The Kier molecular flexibility index (Phi) is 3.87. The number of hydrogen-bond acceptors (Lipinski definition) is 5. The number of rotatable bonds is 4. The molecule has 1 saturated heterocycles. The quantitative estimate of drug-likeness (QED) is 0.795. The summed E-state index contributed by atoms with van der Waals surface area (Å²) in [5.74, 6) is 1.27. The van der Waals surface area contributed by atoms with E-state index in [2.05, 4.69) is 42.8 Å². The maximum Gasteiger partial charge on any atom is 0.166 e. The molecule has 4 aliphatic rings. The predicted molar refractivity (Wildman–Crippen MR) is 104 cm³/mol. The molecule has 5 nitrogen and oxygen atoms in total. The summed E-state index contributed by atoms with van der Waals surface area (Å²) in [6, 6.07) is 2.64. The standard InChI is InChI=1S/C22H30N2O3/c1-4-24(5-2)12-14-10-13-11-16-15-6-7-17(25)21-22(15,8-9-23(16)3)18(13)20(27-21)19(14)26/h6-7,10,15-17,21,25-26H,4-5,8-9,11-12H2,1-3H3/t15?,16?,17-,21+,22+/m1/s1. The van der Waals surface area contributed by atoms with Crippen LogP contribution < -0.4 is 4.74 Å². The van der Waals surface area contributed by atoms with Crippen LogP contribution >= 0.6 is 0 Å². The van der Waals surface area contributed by atoms with Crippen LogP contribution in [0.2, 0.25) is 0 Å². The first kappa shape index (κ1) is 17.5. The second kappa shape index (κ2) is 5.97. The van der Waals surface area contributed by atoms with Crippen molar-refractivity contribution >= 4 is 0 Å². The Morgan fingerprint density at radius 3 is 2.81 bits per heavy atom. The van der Waals surface area contributed by atoms with Crippen LogP contribution in [0.15, 0.2) is 18.2 Å². The molecule has 2 unspecified atom stereocenters. The molecule has 1 spiro atoms. The number of ether oxygens (including phenoxy) is 1. The van der Waals surface area contributed by atoms with Gasteiger partial charge in [-0.15, -0.1) is 0 Å². The van der Waals surface area contributed by atoms with Crippen LogP contribution in [-0.2, 0) is 18.4 Å². The van der Waals surface area contributed by atoms with Gasteiger partial charge in [-0.2, -0.15) is 0 Å². The van der Waals surface area contributed by atoms with Gasteiger partial charge in [0.15, 0.2) is 11.5 Å². The lowest BCUT2D eigenvalue weighted by atomic mass is 9.53. The van der Waals surface area contributed by atoms with E-state index in [0.29, 0.717) is 17.7 Å². The molecule has 1 aromatic carbocycles. The van der Waals surface area contributed by atoms with Crippen molar-refractivity contribution in [3.63, 3.8) is 0 Å². The molecular weight excluding hydrogens is 340 g/mol. The van der Waals surface area contributed by atoms with Gasteiger partial charge >= 0.3 is 0 Å². The van der Waals surface area contributed by atoms with Crippen LogP contribution in [0.5, 0.6) is 11.5 Å². The topological polar surface area (TPSA) is 56.2 Å². The highest BCUT2D eigenvalue weighted by atomic mass is 16.5. The van der Waals surface area contributed by atoms with Crippen LogP contribution in [-0.4, -0.2) is 64.9 Å². The molecule has 2 aliphatic carbocycles. The summed E-state index contributed by atoms with van der Waals surface area (Å²) in [5, 5.41) is 21.8. The molecule has 1 fully saturated rings. The Balaban J connectivity index is 1.69. The minimum absolute atomic E-state index is 0.195. The van der Waals surface area contributed by atoms with E-state index in [0.717, 1.165) is 44.6 Å². The van der Waals surface area contributed by atoms with E-state index >= 15 is 0 Å². The Bertz CT molecular complexity index is 803. The average Bonchev–Trinajstić information content (AvgIpc) is 3.02. The molecule has 1 aromatic rings. The first-order chi connectivity index (χ1) is 13.0. The van der Waals surface area contributed by atoms with Gasteiger partial charge < -0.3 is 19.8 Å². The van der Waals surface area contributed by atoms with Crippen molar-refractivity contribution in [2.75, 3.05) is 26.7 Å². The number of hydrogen-bond donors (Lipinski definition) is 2. The lowest BCUT2D eigenvalue weighted by Gasteiger charge is -2.56. The SMILES string of the molecule is CCN(CC)Cc1cc2c3c(c1O)O[C@H]1[C@H](O)C=CC4C(C2)N(C)CC[C@@]341. The second-order valence-electron chi connectivity index (χ2n) is 8.69. The number of aliphatic hydroxyl groups is 1. The number of nitrogens with zero attached hydrogens (tertiary/aromatic N) is 2. The Morgan fingerprint density at radius 2 is 2.07 bits per heavy atom. The summed E-state index contributed by atoms with van der Waals surface area (Å²) in [5.41, 5.74) is 3.25. The van der Waals surface area contributed by atoms with Gasteiger partial charge in [-0.1, -0.05) is 32.1 Å². The summed E-state index contributed by atoms with van der Waals surface area (Å²) >= 11 is 0. The Labute approximate surface area is 161 Å². The molecule has 5 rings (SSSR count). The molecule has 2 bridgehead atoms. The molecule has 0 radical (unpaired) electrons. The lowest BCUT2D eigenvalue weighted by Crippen LogP contribution is -2.64. The molecule has 2 aliphatic heterocycles. The van der Waals surface area contributed by atoms with E-state index in [1.54, 1.807) is 0 Å². The predicted octanol–water partition coefficient (Wildman–Crippen LogP) is 2.04. The van der Waals surface area contributed by atoms with Gasteiger partial charge in [-0.3, -0.25) is 4.90 Å². The van der Waals surface area contributed by atoms with Crippen LogP contribution in [0.25, 0.3) is 0 Å². The van der Waals surface area contributed by atoms with Crippen molar-refractivity contribution in [2.45, 2.75) is 56.9 Å². The van der Waals surface area contributed by atoms with Gasteiger partial charge in [-0.05, 0) is 45.1 Å². The number of phenolic OH excluding ortho intramolecular Hbond substituents is 1. The van der Waals surface area contributed by atoms with E-state index < -0.39 is 6.10 Å². The van der Waals surface area contributed by atoms with Crippen molar-refractivity contribution in [1.29, 1.82) is 0 Å². The van der Waals surface area contributed by atoms with Crippen molar-refractivity contribution in [3.05, 3.63) is 34.9 Å². The number of aromatic hydroxyl groups is 1. The van der Waals surface area contributed by atoms with Gasteiger partial charge in [0.2, 0.25) is 0 Å². The van der Waals surface area contributed by atoms with E-state index in [4.69, 9.17) is 4.74 Å². The molecule has 0 aromatic heterocycles. The smallest absolute Gasteiger partial charge is 0.166 e. The fourth-order valence-electron chi connectivity index (χ4n) is 6.18. The minimum atomic E-state index is -0.616. The van der Waals surface area contributed by atoms with E-state index in [1.165, 1.54) is 11.1 Å². The molecule has 5 heteroatoms. The maximum absolute atomic E-state index is 11.1. The van der Waals surface area contributed by atoms with E-state index in [9.17, 15) is 10.2 Å².